The maximum absolute atomic E-state index is 11.4. The molecule has 0 aliphatic rings. The normalized spacial score (nSPS) is 11.8. The topological polar surface area (TPSA) is 169 Å². The van der Waals surface area contributed by atoms with E-state index in [-0.39, 0.29) is 11.8 Å². The smallest absolute Gasteiger partial charge is 0.146 e. The first-order chi connectivity index (χ1) is 15.1. The molecule has 0 radical (unpaired) electrons. The van der Waals surface area contributed by atoms with Gasteiger partial charge in [-0.2, -0.15) is 0 Å². The van der Waals surface area contributed by atoms with Crippen LogP contribution >= 0.6 is 0 Å². The lowest BCUT2D eigenvalue weighted by Gasteiger charge is -2.15. The fourth-order valence-corrected chi connectivity index (χ4v) is 2.81. The van der Waals surface area contributed by atoms with Crippen LogP contribution < -0.4 is 44.2 Å². The van der Waals surface area contributed by atoms with E-state index >= 15 is 0 Å². The van der Waals surface area contributed by atoms with Crippen LogP contribution in [0.4, 0.5) is 0 Å². The van der Waals surface area contributed by atoms with Crippen molar-refractivity contribution in [2.45, 2.75) is 64.3 Å². The molecule has 0 heterocycles. The molecule has 0 saturated carbocycles. The van der Waals surface area contributed by atoms with Gasteiger partial charge in [-0.15, -0.1) is 0 Å². The number of carbonyl (C=O) groups is 1. The monoisotopic (exact) mass is 446 g/mol. The molecule has 31 heavy (non-hydrogen) atoms. The predicted octanol–water partition coefficient (Wildman–Crippen LogP) is -0.756. The first-order valence-electron chi connectivity index (χ1n) is 12.3. The first kappa shape index (κ1) is 32.5. The second kappa shape index (κ2) is 29.4. The largest absolute Gasteiger partial charge is 0.330 e. The second-order valence-electron chi connectivity index (χ2n) is 7.79. The Bertz CT molecular complexity index is 335. The van der Waals surface area contributed by atoms with Crippen LogP contribution in [0.1, 0.15) is 58.3 Å². The lowest BCUT2D eigenvalue weighted by molar-refractivity contribution is -0.119. The number of rotatable bonds is 23. The molecule has 0 spiro atoms. The number of nitrogens with two attached hydrogens (primary N) is 4. The summed E-state index contributed by atoms with van der Waals surface area (Å²) in [5, 5.41) is 13.3. The van der Waals surface area contributed by atoms with Gasteiger partial charge in [-0.1, -0.05) is 0 Å². The van der Waals surface area contributed by atoms with Crippen LogP contribution in [0.25, 0.3) is 0 Å². The molecule has 0 fully saturated rings. The van der Waals surface area contributed by atoms with Gasteiger partial charge in [0.1, 0.15) is 5.78 Å². The molecule has 188 valence electrons. The fourth-order valence-electron chi connectivity index (χ4n) is 2.81. The maximum Gasteiger partial charge on any atom is 0.146 e. The van der Waals surface area contributed by atoms with Crippen LogP contribution in [-0.2, 0) is 4.79 Å². The van der Waals surface area contributed by atoms with Crippen molar-refractivity contribution in [3.63, 3.8) is 0 Å². The number of Topliss-reactive ketones (excluding diaryl/α,β-unsaturated/α-hetero) is 1. The molecule has 9 nitrogen and oxygen atoms in total. The molecule has 0 aromatic heterocycles. The molecule has 0 aliphatic carbocycles. The molecule has 0 amide bonds. The predicted molar refractivity (Wildman–Crippen MR) is 134 cm³/mol. The molecule has 0 aromatic carbocycles. The fraction of sp³-hybridized carbons (Fsp3) is 0.955. The molecule has 9 heteroatoms. The number of ketones is 1. The summed E-state index contributed by atoms with van der Waals surface area (Å²) in [7, 11) is 0. The van der Waals surface area contributed by atoms with E-state index in [2.05, 4.69) is 21.3 Å². The van der Waals surface area contributed by atoms with Crippen LogP contribution in [-0.4, -0.2) is 83.8 Å². The summed E-state index contributed by atoms with van der Waals surface area (Å²) in [6, 6.07) is -0.0159. The Balaban J connectivity index is 0. The zero-order chi connectivity index (χ0) is 23.4. The van der Waals surface area contributed by atoms with Gasteiger partial charge in [0.05, 0.1) is 6.04 Å². The van der Waals surface area contributed by atoms with E-state index in [1.807, 2.05) is 0 Å². The minimum atomic E-state index is -0.0159. The standard InChI is InChI=1S/C12H28N4O.C10H26N4/c1-11(17)12(16-10-4-7-14)5-2-8-15-9-3-6-13;11-5-3-9-13-7-1-2-8-14-10-4-6-12/h12,15-16H,2-10,13-14H2,1H3;13-14H,1-12H2. The highest BCUT2D eigenvalue weighted by Gasteiger charge is 2.11. The Morgan fingerprint density at radius 1 is 0.581 bits per heavy atom. The van der Waals surface area contributed by atoms with Gasteiger partial charge in [-0.3, -0.25) is 4.79 Å². The van der Waals surface area contributed by atoms with E-state index in [4.69, 9.17) is 22.9 Å². The summed E-state index contributed by atoms with van der Waals surface area (Å²) in [6.07, 6.45) is 8.44. The van der Waals surface area contributed by atoms with Crippen molar-refractivity contribution < 1.29 is 4.79 Å². The van der Waals surface area contributed by atoms with Crippen molar-refractivity contribution in [2.75, 3.05) is 72.0 Å². The minimum Gasteiger partial charge on any atom is -0.330 e. The minimum absolute atomic E-state index is 0.0159. The molecule has 1 atom stereocenters. The zero-order valence-electron chi connectivity index (χ0n) is 20.2. The van der Waals surface area contributed by atoms with Crippen molar-refractivity contribution in [3.05, 3.63) is 0 Å². The molecule has 0 rings (SSSR count). The summed E-state index contributed by atoms with van der Waals surface area (Å²) in [6.45, 7) is 11.7. The number of hydrogen-bond donors (Lipinski definition) is 8. The van der Waals surface area contributed by atoms with Crippen LogP contribution in [0.15, 0.2) is 0 Å². The molecule has 0 saturated heterocycles. The van der Waals surface area contributed by atoms with Gasteiger partial charge < -0.3 is 44.2 Å². The Morgan fingerprint density at radius 3 is 1.32 bits per heavy atom. The van der Waals surface area contributed by atoms with Crippen molar-refractivity contribution >= 4 is 5.78 Å². The lowest BCUT2D eigenvalue weighted by Crippen LogP contribution is -2.37. The SMILES string of the molecule is CC(=O)C(CCCNCCCN)NCCCN.NCCCNCCCCNCCCN. The van der Waals surface area contributed by atoms with E-state index in [1.54, 1.807) is 6.92 Å². The third kappa shape index (κ3) is 29.4. The Hall–Kier alpha value is -0.650. The van der Waals surface area contributed by atoms with Gasteiger partial charge in [0, 0.05) is 0 Å². The Morgan fingerprint density at radius 2 is 0.935 bits per heavy atom. The Kier molecular flexibility index (Phi) is 30.8. The molecular formula is C22H54N8O. The summed E-state index contributed by atoms with van der Waals surface area (Å²) in [5.41, 5.74) is 21.6. The first-order valence-corrected chi connectivity index (χ1v) is 12.3. The summed E-state index contributed by atoms with van der Waals surface area (Å²) in [5.74, 6) is 0.212. The van der Waals surface area contributed by atoms with E-state index in [1.165, 1.54) is 12.8 Å². The van der Waals surface area contributed by atoms with Crippen molar-refractivity contribution in [3.8, 4) is 0 Å². The third-order valence-corrected chi connectivity index (χ3v) is 4.74. The van der Waals surface area contributed by atoms with E-state index in [0.717, 1.165) is 104 Å². The number of unbranched alkanes of at least 4 members (excludes halogenated alkanes) is 1. The average Bonchev–Trinajstić information content (AvgIpc) is 2.76. The van der Waals surface area contributed by atoms with Gasteiger partial charge in [0.25, 0.3) is 0 Å². The number of carbonyl (C=O) groups excluding carboxylic acids is 1. The molecule has 0 aliphatic heterocycles. The molecular weight excluding hydrogens is 392 g/mol. The van der Waals surface area contributed by atoms with Crippen molar-refractivity contribution in [2.24, 2.45) is 22.9 Å². The second-order valence-corrected chi connectivity index (χ2v) is 7.79. The van der Waals surface area contributed by atoms with Crippen molar-refractivity contribution in [1.82, 2.24) is 21.3 Å². The highest BCUT2D eigenvalue weighted by molar-refractivity contribution is 5.81. The molecule has 0 aromatic rings. The van der Waals surface area contributed by atoms with E-state index in [0.29, 0.717) is 6.54 Å². The van der Waals surface area contributed by atoms with E-state index < -0.39 is 0 Å². The van der Waals surface area contributed by atoms with Crippen LogP contribution in [0, 0.1) is 0 Å². The maximum atomic E-state index is 11.4. The quantitative estimate of drug-likeness (QED) is 0.0940. The number of hydrogen-bond acceptors (Lipinski definition) is 9. The summed E-state index contributed by atoms with van der Waals surface area (Å²) in [4.78, 5) is 11.4. The average molecular weight is 447 g/mol. The highest BCUT2D eigenvalue weighted by Crippen LogP contribution is 1.98. The van der Waals surface area contributed by atoms with Gasteiger partial charge >= 0.3 is 0 Å². The lowest BCUT2D eigenvalue weighted by atomic mass is 10.1. The Labute approximate surface area is 191 Å². The van der Waals surface area contributed by atoms with E-state index in [9.17, 15) is 4.79 Å². The molecule has 1 unspecified atom stereocenters. The summed E-state index contributed by atoms with van der Waals surface area (Å²) < 4.78 is 0. The van der Waals surface area contributed by atoms with Crippen molar-refractivity contribution in [1.29, 1.82) is 0 Å². The molecule has 12 N–H and O–H groups in total. The van der Waals surface area contributed by atoms with Crippen LogP contribution in [0.2, 0.25) is 0 Å². The number of nitrogens with one attached hydrogen (secondary N) is 4. The van der Waals surface area contributed by atoms with Crippen LogP contribution in [0.3, 0.4) is 0 Å². The highest BCUT2D eigenvalue weighted by atomic mass is 16.1. The third-order valence-electron chi connectivity index (χ3n) is 4.74. The van der Waals surface area contributed by atoms with Gasteiger partial charge in [-0.25, -0.2) is 0 Å². The molecule has 0 bridgehead atoms. The van der Waals surface area contributed by atoms with Gasteiger partial charge in [0.15, 0.2) is 0 Å². The zero-order valence-corrected chi connectivity index (χ0v) is 20.2. The van der Waals surface area contributed by atoms with Crippen LogP contribution in [0.5, 0.6) is 0 Å². The van der Waals surface area contributed by atoms with Gasteiger partial charge in [0.2, 0.25) is 0 Å². The van der Waals surface area contributed by atoms with Gasteiger partial charge in [-0.05, 0) is 130 Å². The summed E-state index contributed by atoms with van der Waals surface area (Å²) >= 11 is 0.